The zero-order valence-electron chi connectivity index (χ0n) is 13.9. The van der Waals surface area contributed by atoms with Crippen molar-refractivity contribution >= 4 is 23.2 Å². The predicted molar refractivity (Wildman–Crippen MR) is 93.3 cm³/mol. The van der Waals surface area contributed by atoms with Crippen LogP contribution >= 0.6 is 0 Å². The van der Waals surface area contributed by atoms with Crippen LogP contribution in [0.2, 0.25) is 0 Å². The first kappa shape index (κ1) is 15.5. The number of rotatable bonds is 3. The highest BCUT2D eigenvalue weighted by Crippen LogP contribution is 2.34. The Morgan fingerprint density at radius 3 is 2.76 bits per heavy atom. The third kappa shape index (κ3) is 2.91. The van der Waals surface area contributed by atoms with E-state index in [9.17, 15) is 9.59 Å². The Hall–Kier alpha value is -3.02. The molecular weight excluding hydrogens is 320 g/mol. The van der Waals surface area contributed by atoms with E-state index in [1.165, 1.54) is 0 Å². The van der Waals surface area contributed by atoms with Crippen molar-refractivity contribution in [1.82, 2.24) is 0 Å². The Balaban J connectivity index is 1.63. The van der Waals surface area contributed by atoms with Gasteiger partial charge >= 0.3 is 0 Å². The van der Waals surface area contributed by atoms with Gasteiger partial charge in [-0.1, -0.05) is 11.6 Å². The van der Waals surface area contributed by atoms with E-state index >= 15 is 0 Å². The molecule has 0 spiro atoms. The molecule has 0 unspecified atom stereocenters. The summed E-state index contributed by atoms with van der Waals surface area (Å²) in [5, 5.41) is 2.88. The SMILES string of the molecule is Cc1ccc(N2CCCC2=O)c(C(=O)Nc2ccc3c(c2)OCO3)c1. The number of anilines is 2. The van der Waals surface area contributed by atoms with Crippen molar-refractivity contribution in [3.05, 3.63) is 47.5 Å². The number of benzene rings is 2. The van der Waals surface area contributed by atoms with Crippen LogP contribution in [0, 0.1) is 6.92 Å². The third-order valence-electron chi connectivity index (χ3n) is 4.39. The van der Waals surface area contributed by atoms with Gasteiger partial charge < -0.3 is 19.7 Å². The maximum atomic E-state index is 12.8. The number of nitrogens with one attached hydrogen (secondary N) is 1. The van der Waals surface area contributed by atoms with Crippen molar-refractivity contribution in [2.45, 2.75) is 19.8 Å². The summed E-state index contributed by atoms with van der Waals surface area (Å²) in [5.41, 5.74) is 2.74. The summed E-state index contributed by atoms with van der Waals surface area (Å²) in [6, 6.07) is 10.8. The standard InChI is InChI=1S/C19H18N2O4/c1-12-4-6-15(21-8-2-3-18(21)22)14(9-12)19(23)20-13-5-7-16-17(10-13)25-11-24-16/h4-7,9-10H,2-3,8,11H2,1H3,(H,20,23). The van der Waals surface area contributed by atoms with Gasteiger partial charge in [-0.2, -0.15) is 0 Å². The highest BCUT2D eigenvalue weighted by atomic mass is 16.7. The minimum absolute atomic E-state index is 0.0565. The van der Waals surface area contributed by atoms with Crippen LogP contribution < -0.4 is 19.7 Å². The molecule has 1 fully saturated rings. The molecule has 0 saturated carbocycles. The van der Waals surface area contributed by atoms with Gasteiger partial charge in [0, 0.05) is 24.7 Å². The zero-order valence-corrected chi connectivity index (χ0v) is 13.9. The van der Waals surface area contributed by atoms with Gasteiger partial charge in [-0.15, -0.1) is 0 Å². The fourth-order valence-electron chi connectivity index (χ4n) is 3.14. The Kier molecular flexibility index (Phi) is 3.80. The van der Waals surface area contributed by atoms with Gasteiger partial charge in [0.25, 0.3) is 5.91 Å². The van der Waals surface area contributed by atoms with Crippen molar-refractivity contribution in [2.75, 3.05) is 23.6 Å². The Morgan fingerprint density at radius 2 is 1.96 bits per heavy atom. The molecule has 2 aromatic rings. The fourth-order valence-corrected chi connectivity index (χ4v) is 3.14. The molecule has 4 rings (SSSR count). The number of carbonyl (C=O) groups is 2. The Morgan fingerprint density at radius 1 is 1.12 bits per heavy atom. The van der Waals surface area contributed by atoms with Gasteiger partial charge in [-0.05, 0) is 37.6 Å². The number of hydrogen-bond donors (Lipinski definition) is 1. The first-order valence-electron chi connectivity index (χ1n) is 8.24. The molecule has 0 atom stereocenters. The van der Waals surface area contributed by atoms with E-state index in [-0.39, 0.29) is 18.6 Å². The molecule has 6 nitrogen and oxygen atoms in total. The molecule has 2 heterocycles. The highest BCUT2D eigenvalue weighted by Gasteiger charge is 2.26. The van der Waals surface area contributed by atoms with Crippen molar-refractivity contribution < 1.29 is 19.1 Å². The van der Waals surface area contributed by atoms with Crippen LogP contribution in [-0.2, 0) is 4.79 Å². The van der Waals surface area contributed by atoms with Crippen LogP contribution in [0.4, 0.5) is 11.4 Å². The second-order valence-corrected chi connectivity index (χ2v) is 6.19. The number of aryl methyl sites for hydroxylation is 1. The van der Waals surface area contributed by atoms with E-state index in [0.717, 1.165) is 12.0 Å². The van der Waals surface area contributed by atoms with E-state index in [2.05, 4.69) is 5.32 Å². The summed E-state index contributed by atoms with van der Waals surface area (Å²) in [6.45, 7) is 2.75. The topological polar surface area (TPSA) is 67.9 Å². The minimum Gasteiger partial charge on any atom is -0.454 e. The number of fused-ring (bicyclic) bond motifs is 1. The lowest BCUT2D eigenvalue weighted by atomic mass is 10.1. The number of amides is 2. The average molecular weight is 338 g/mol. The summed E-state index contributed by atoms with van der Waals surface area (Å²) in [7, 11) is 0. The summed E-state index contributed by atoms with van der Waals surface area (Å²) in [4.78, 5) is 26.6. The second-order valence-electron chi connectivity index (χ2n) is 6.19. The molecule has 6 heteroatoms. The van der Waals surface area contributed by atoms with Crippen LogP contribution in [0.15, 0.2) is 36.4 Å². The molecular formula is C19H18N2O4. The molecule has 2 aliphatic rings. The van der Waals surface area contributed by atoms with Crippen molar-refractivity contribution in [1.29, 1.82) is 0 Å². The molecule has 2 amide bonds. The Bertz CT molecular complexity index is 862. The third-order valence-corrected chi connectivity index (χ3v) is 4.39. The van der Waals surface area contributed by atoms with Gasteiger partial charge in [-0.3, -0.25) is 9.59 Å². The molecule has 25 heavy (non-hydrogen) atoms. The van der Waals surface area contributed by atoms with Crippen molar-refractivity contribution in [3.8, 4) is 11.5 Å². The molecule has 128 valence electrons. The predicted octanol–water partition coefficient (Wildman–Crippen LogP) is 3.10. The number of ether oxygens (including phenoxy) is 2. The Labute approximate surface area is 145 Å². The fraction of sp³-hybridized carbons (Fsp3) is 0.263. The normalized spacial score (nSPS) is 15.6. The molecule has 0 aromatic heterocycles. The molecule has 0 aliphatic carbocycles. The maximum absolute atomic E-state index is 12.8. The van der Waals surface area contributed by atoms with Gasteiger partial charge in [0.2, 0.25) is 12.7 Å². The van der Waals surface area contributed by atoms with Gasteiger partial charge in [0.1, 0.15) is 0 Å². The monoisotopic (exact) mass is 338 g/mol. The lowest BCUT2D eigenvalue weighted by molar-refractivity contribution is -0.117. The maximum Gasteiger partial charge on any atom is 0.257 e. The number of carbonyl (C=O) groups excluding carboxylic acids is 2. The first-order valence-corrected chi connectivity index (χ1v) is 8.24. The van der Waals surface area contributed by atoms with Crippen molar-refractivity contribution in [3.63, 3.8) is 0 Å². The zero-order chi connectivity index (χ0) is 17.4. The van der Waals surface area contributed by atoms with Crippen LogP contribution in [0.1, 0.15) is 28.8 Å². The second kappa shape index (κ2) is 6.12. The van der Waals surface area contributed by atoms with E-state index < -0.39 is 0 Å². The van der Waals surface area contributed by atoms with Crippen molar-refractivity contribution in [2.24, 2.45) is 0 Å². The van der Waals surface area contributed by atoms with Crippen LogP contribution in [0.25, 0.3) is 0 Å². The van der Waals surface area contributed by atoms with E-state index in [1.54, 1.807) is 23.1 Å². The average Bonchev–Trinajstić information content (AvgIpc) is 3.23. The van der Waals surface area contributed by atoms with Gasteiger partial charge in [-0.25, -0.2) is 0 Å². The number of hydrogen-bond acceptors (Lipinski definition) is 4. The molecule has 1 N–H and O–H groups in total. The lowest BCUT2D eigenvalue weighted by Crippen LogP contribution is -2.27. The highest BCUT2D eigenvalue weighted by molar-refractivity contribution is 6.11. The summed E-state index contributed by atoms with van der Waals surface area (Å²) in [5.74, 6) is 1.08. The molecule has 2 aliphatic heterocycles. The summed E-state index contributed by atoms with van der Waals surface area (Å²) >= 11 is 0. The summed E-state index contributed by atoms with van der Waals surface area (Å²) in [6.07, 6.45) is 1.34. The van der Waals surface area contributed by atoms with Gasteiger partial charge in [0.05, 0.1) is 11.3 Å². The van der Waals surface area contributed by atoms with Crippen LogP contribution in [0.3, 0.4) is 0 Å². The van der Waals surface area contributed by atoms with E-state index in [0.29, 0.717) is 41.4 Å². The first-order chi connectivity index (χ1) is 12.1. The van der Waals surface area contributed by atoms with E-state index in [4.69, 9.17) is 9.47 Å². The quantitative estimate of drug-likeness (QED) is 0.934. The lowest BCUT2D eigenvalue weighted by Gasteiger charge is -2.20. The smallest absolute Gasteiger partial charge is 0.257 e. The van der Waals surface area contributed by atoms with Gasteiger partial charge in [0.15, 0.2) is 11.5 Å². The molecule has 2 aromatic carbocycles. The largest absolute Gasteiger partial charge is 0.454 e. The van der Waals surface area contributed by atoms with Crippen LogP contribution in [-0.4, -0.2) is 25.2 Å². The minimum atomic E-state index is -0.253. The van der Waals surface area contributed by atoms with Crippen LogP contribution in [0.5, 0.6) is 11.5 Å². The van der Waals surface area contributed by atoms with E-state index in [1.807, 2.05) is 25.1 Å². The summed E-state index contributed by atoms with van der Waals surface area (Å²) < 4.78 is 10.6. The molecule has 0 bridgehead atoms. The number of nitrogens with zero attached hydrogens (tertiary/aromatic N) is 1. The molecule has 0 radical (unpaired) electrons. The molecule has 1 saturated heterocycles.